The van der Waals surface area contributed by atoms with Crippen LogP contribution in [0.5, 0.6) is 0 Å². The molecule has 1 aliphatic rings. The summed E-state index contributed by atoms with van der Waals surface area (Å²) in [6, 6.07) is 19.7. The predicted octanol–water partition coefficient (Wildman–Crippen LogP) is 3.44. The topological polar surface area (TPSA) is 66.6 Å². The minimum Gasteiger partial charge on any atom is -0.339 e. The van der Waals surface area contributed by atoms with Crippen molar-refractivity contribution in [1.82, 2.24) is 9.80 Å². The minimum atomic E-state index is -0.318. The maximum absolute atomic E-state index is 12.9. The Morgan fingerprint density at radius 3 is 2.03 bits per heavy atom. The van der Waals surface area contributed by atoms with Crippen LogP contribution in [0.1, 0.15) is 36.9 Å². The first-order valence-electron chi connectivity index (χ1n) is 10.5. The largest absolute Gasteiger partial charge is 0.339 e. The van der Waals surface area contributed by atoms with Crippen molar-refractivity contribution in [3.05, 3.63) is 71.8 Å². The monoisotopic (exact) mass is 429 g/mol. The number of hydrogen-bond donors (Lipinski definition) is 1. The molecule has 0 radical (unpaired) electrons. The lowest BCUT2D eigenvalue weighted by Gasteiger charge is -2.37. The van der Waals surface area contributed by atoms with Crippen molar-refractivity contribution in [3.8, 4) is 0 Å². The number of hydrogen-bond acceptors (Lipinski definition) is 3. The molecule has 2 aromatic carbocycles. The van der Waals surface area contributed by atoms with Gasteiger partial charge in [0.15, 0.2) is 0 Å². The Morgan fingerprint density at radius 2 is 1.43 bits per heavy atom. The van der Waals surface area contributed by atoms with Crippen LogP contribution in [-0.4, -0.2) is 47.8 Å². The number of rotatable bonds is 7. The van der Waals surface area contributed by atoms with Crippen molar-refractivity contribution in [2.24, 2.45) is 11.7 Å². The third-order valence-electron chi connectivity index (χ3n) is 5.76. The van der Waals surface area contributed by atoms with Crippen molar-refractivity contribution >= 4 is 24.2 Å². The lowest BCUT2D eigenvalue weighted by atomic mass is 9.94. The summed E-state index contributed by atoms with van der Waals surface area (Å²) in [4.78, 5) is 29.1. The highest BCUT2D eigenvalue weighted by Gasteiger charge is 2.30. The molecule has 1 aliphatic heterocycles. The summed E-state index contributed by atoms with van der Waals surface area (Å²) in [5.41, 5.74) is 8.55. The van der Waals surface area contributed by atoms with Crippen molar-refractivity contribution in [2.75, 3.05) is 26.2 Å². The Kier molecular flexibility index (Phi) is 9.34. The van der Waals surface area contributed by atoms with Crippen LogP contribution in [0.2, 0.25) is 0 Å². The quantitative estimate of drug-likeness (QED) is 0.733. The van der Waals surface area contributed by atoms with E-state index in [1.165, 1.54) is 5.56 Å². The van der Waals surface area contributed by atoms with Crippen LogP contribution in [0.25, 0.3) is 0 Å². The van der Waals surface area contributed by atoms with Crippen LogP contribution in [0.4, 0.5) is 0 Å². The molecule has 162 valence electrons. The van der Waals surface area contributed by atoms with E-state index < -0.39 is 0 Å². The molecule has 2 unspecified atom stereocenters. The van der Waals surface area contributed by atoms with Gasteiger partial charge in [0, 0.05) is 38.6 Å². The smallest absolute Gasteiger partial charge is 0.227 e. The number of halogens is 1. The summed E-state index contributed by atoms with van der Waals surface area (Å²) in [5.74, 6) is -0.0369. The van der Waals surface area contributed by atoms with E-state index in [4.69, 9.17) is 5.73 Å². The number of carbonyl (C=O) groups excluding carboxylic acids is 2. The molecule has 5 nitrogen and oxygen atoms in total. The van der Waals surface area contributed by atoms with Gasteiger partial charge in [-0.1, -0.05) is 67.6 Å². The van der Waals surface area contributed by atoms with Gasteiger partial charge in [0.25, 0.3) is 0 Å². The van der Waals surface area contributed by atoms with E-state index in [0.717, 1.165) is 18.4 Å². The molecule has 2 amide bonds. The number of benzene rings is 2. The summed E-state index contributed by atoms with van der Waals surface area (Å²) in [6.07, 6.45) is 2.32. The number of carbonyl (C=O) groups is 2. The minimum absolute atomic E-state index is 0. The zero-order valence-electron chi connectivity index (χ0n) is 17.6. The molecule has 0 bridgehead atoms. The summed E-state index contributed by atoms with van der Waals surface area (Å²) in [6.45, 7) is 4.25. The molecular formula is C24H32ClN3O2. The zero-order valence-corrected chi connectivity index (χ0v) is 18.4. The zero-order chi connectivity index (χ0) is 20.6. The first-order valence-corrected chi connectivity index (χ1v) is 10.5. The highest BCUT2D eigenvalue weighted by atomic mass is 35.5. The molecule has 1 saturated heterocycles. The van der Waals surface area contributed by atoms with Crippen LogP contribution >= 0.6 is 12.4 Å². The highest BCUT2D eigenvalue weighted by molar-refractivity contribution is 5.85. The van der Waals surface area contributed by atoms with E-state index in [0.29, 0.717) is 32.6 Å². The Morgan fingerprint density at radius 1 is 0.900 bits per heavy atom. The molecule has 0 aliphatic carbocycles. The lowest BCUT2D eigenvalue weighted by molar-refractivity contribution is -0.142. The van der Waals surface area contributed by atoms with Gasteiger partial charge in [0.1, 0.15) is 0 Å². The van der Waals surface area contributed by atoms with Crippen LogP contribution in [0.15, 0.2) is 60.7 Å². The molecule has 0 saturated carbocycles. The summed E-state index contributed by atoms with van der Waals surface area (Å²) < 4.78 is 0. The number of amides is 2. The highest BCUT2D eigenvalue weighted by Crippen LogP contribution is 2.22. The van der Waals surface area contributed by atoms with Gasteiger partial charge in [0.2, 0.25) is 11.8 Å². The van der Waals surface area contributed by atoms with E-state index in [-0.39, 0.29) is 36.2 Å². The second-order valence-corrected chi connectivity index (χ2v) is 7.77. The molecule has 0 spiro atoms. The maximum atomic E-state index is 12.9. The molecule has 1 heterocycles. The van der Waals surface area contributed by atoms with Crippen molar-refractivity contribution < 1.29 is 9.59 Å². The Labute approximate surface area is 185 Å². The number of nitrogens with zero attached hydrogens (tertiary/aromatic N) is 2. The molecule has 1 fully saturated rings. The van der Waals surface area contributed by atoms with Gasteiger partial charge in [-0.05, 0) is 24.0 Å². The van der Waals surface area contributed by atoms with Gasteiger partial charge in [0.05, 0.1) is 5.92 Å². The Balaban J connectivity index is 0.00000320. The Bertz CT molecular complexity index is 793. The first-order chi connectivity index (χ1) is 14.1. The second-order valence-electron chi connectivity index (χ2n) is 7.77. The number of nitrogens with two attached hydrogens (primary N) is 1. The van der Waals surface area contributed by atoms with E-state index in [2.05, 4.69) is 12.1 Å². The van der Waals surface area contributed by atoms with Gasteiger partial charge >= 0.3 is 0 Å². The van der Waals surface area contributed by atoms with E-state index in [1.54, 1.807) is 0 Å². The average Bonchev–Trinajstić information content (AvgIpc) is 2.79. The second kappa shape index (κ2) is 11.7. The van der Waals surface area contributed by atoms with Crippen LogP contribution in [0.3, 0.4) is 0 Å². The van der Waals surface area contributed by atoms with E-state index >= 15 is 0 Å². The molecular weight excluding hydrogens is 398 g/mol. The molecule has 2 aromatic rings. The fourth-order valence-corrected chi connectivity index (χ4v) is 3.83. The maximum Gasteiger partial charge on any atom is 0.227 e. The number of aryl methyl sites for hydroxylation is 1. The van der Waals surface area contributed by atoms with Gasteiger partial charge in [-0.25, -0.2) is 0 Å². The van der Waals surface area contributed by atoms with Crippen molar-refractivity contribution in [1.29, 1.82) is 0 Å². The molecule has 30 heavy (non-hydrogen) atoms. The summed E-state index contributed by atoms with van der Waals surface area (Å²) >= 11 is 0. The normalized spacial score (nSPS) is 15.8. The fourth-order valence-electron chi connectivity index (χ4n) is 3.83. The van der Waals surface area contributed by atoms with Crippen LogP contribution < -0.4 is 5.73 Å². The third-order valence-corrected chi connectivity index (χ3v) is 5.76. The van der Waals surface area contributed by atoms with Gasteiger partial charge in [-0.3, -0.25) is 9.59 Å². The molecule has 0 aromatic heterocycles. The van der Waals surface area contributed by atoms with Crippen molar-refractivity contribution in [3.63, 3.8) is 0 Å². The van der Waals surface area contributed by atoms with Gasteiger partial charge < -0.3 is 15.5 Å². The van der Waals surface area contributed by atoms with Gasteiger partial charge in [-0.15, -0.1) is 12.4 Å². The van der Waals surface area contributed by atoms with Gasteiger partial charge in [-0.2, -0.15) is 0 Å². The summed E-state index contributed by atoms with van der Waals surface area (Å²) in [7, 11) is 0. The summed E-state index contributed by atoms with van der Waals surface area (Å²) in [5, 5.41) is 0. The fraction of sp³-hybridized carbons (Fsp3) is 0.417. The SMILES string of the molecule is CC(C(=O)N1CCN(C(=O)CCCc2ccccc2)CC1)C(N)c1ccccc1.Cl. The lowest BCUT2D eigenvalue weighted by Crippen LogP contribution is -2.52. The van der Waals surface area contributed by atoms with Crippen LogP contribution in [0, 0.1) is 5.92 Å². The predicted molar refractivity (Wildman–Crippen MR) is 122 cm³/mol. The average molecular weight is 430 g/mol. The first kappa shape index (κ1) is 23.9. The standard InChI is InChI=1S/C24H31N3O2.ClH/c1-19(23(25)21-12-6-3-7-13-21)24(29)27-17-15-26(16-18-27)22(28)14-8-11-20-9-4-2-5-10-20;/h2-7,9-10,12-13,19,23H,8,11,14-18,25H2,1H3;1H. The third kappa shape index (κ3) is 6.31. The van der Waals surface area contributed by atoms with Crippen LogP contribution in [-0.2, 0) is 16.0 Å². The Hall–Kier alpha value is -2.37. The van der Waals surface area contributed by atoms with Crippen molar-refractivity contribution in [2.45, 2.75) is 32.2 Å². The molecule has 3 rings (SSSR count). The molecule has 6 heteroatoms. The molecule has 2 N–H and O–H groups in total. The van der Waals surface area contributed by atoms with E-state index in [1.807, 2.05) is 65.3 Å². The molecule has 2 atom stereocenters. The van der Waals surface area contributed by atoms with E-state index in [9.17, 15) is 9.59 Å². The number of piperazine rings is 1.